The van der Waals surface area contributed by atoms with Crippen molar-refractivity contribution in [1.29, 1.82) is 0 Å². The van der Waals surface area contributed by atoms with Crippen molar-refractivity contribution in [2.45, 2.75) is 19.1 Å². The van der Waals surface area contributed by atoms with E-state index in [9.17, 15) is 0 Å². The van der Waals surface area contributed by atoms with Gasteiger partial charge in [-0.25, -0.2) is 9.97 Å². The fourth-order valence-corrected chi connectivity index (χ4v) is 3.57. The van der Waals surface area contributed by atoms with Gasteiger partial charge in [-0.05, 0) is 13.2 Å². The molecule has 3 heterocycles. The van der Waals surface area contributed by atoms with E-state index in [0.29, 0.717) is 5.71 Å². The van der Waals surface area contributed by atoms with Gasteiger partial charge in [-0.15, -0.1) is 11.3 Å². The lowest BCUT2D eigenvalue weighted by Crippen LogP contribution is -2.07. The van der Waals surface area contributed by atoms with E-state index in [1.807, 2.05) is 6.92 Å². The van der Waals surface area contributed by atoms with Crippen LogP contribution in [0, 0.1) is 6.92 Å². The van der Waals surface area contributed by atoms with Crippen LogP contribution in [0.15, 0.2) is 16.2 Å². The zero-order chi connectivity index (χ0) is 14.7. The van der Waals surface area contributed by atoms with E-state index >= 15 is 0 Å². The van der Waals surface area contributed by atoms with Gasteiger partial charge < -0.3 is 9.84 Å². The summed E-state index contributed by atoms with van der Waals surface area (Å²) in [5.74, 6) is 1.74. The predicted molar refractivity (Wildman–Crippen MR) is 85.9 cm³/mol. The Morgan fingerprint density at radius 1 is 1.38 bits per heavy atom. The summed E-state index contributed by atoms with van der Waals surface area (Å²) in [7, 11) is 0. The first-order valence-electron chi connectivity index (χ1n) is 6.51. The van der Waals surface area contributed by atoms with E-state index in [1.165, 1.54) is 11.3 Å². The second kappa shape index (κ2) is 6.40. The zero-order valence-electron chi connectivity index (χ0n) is 11.8. The van der Waals surface area contributed by atoms with E-state index in [2.05, 4.69) is 37.1 Å². The summed E-state index contributed by atoms with van der Waals surface area (Å²) < 4.78 is 5.13. The monoisotopic (exact) mass is 321 g/mol. The topological polar surface area (TPSA) is 76.7 Å². The van der Waals surface area contributed by atoms with E-state index in [-0.39, 0.29) is 0 Å². The quantitative estimate of drug-likeness (QED) is 0.748. The van der Waals surface area contributed by atoms with Crippen molar-refractivity contribution in [3.8, 4) is 0 Å². The van der Waals surface area contributed by atoms with Gasteiger partial charge in [0.2, 0.25) is 0 Å². The van der Waals surface area contributed by atoms with Crippen molar-refractivity contribution in [3.05, 3.63) is 28.1 Å². The van der Waals surface area contributed by atoms with Crippen molar-refractivity contribution in [1.82, 2.24) is 20.1 Å². The number of aryl methyl sites for hydroxylation is 1. The first-order valence-corrected chi connectivity index (χ1v) is 8.78. The third kappa shape index (κ3) is 3.16. The van der Waals surface area contributed by atoms with Crippen LogP contribution in [0.1, 0.15) is 16.4 Å². The molecule has 21 heavy (non-hydrogen) atoms. The van der Waals surface area contributed by atoms with Crippen LogP contribution in [0.25, 0.3) is 11.1 Å². The SMILES string of the molecule is CSCc1nc(CCNc2ncnc3onc(C)c23)cs1. The van der Waals surface area contributed by atoms with Crippen LogP contribution in [-0.2, 0) is 12.2 Å². The Morgan fingerprint density at radius 3 is 3.14 bits per heavy atom. The lowest BCUT2D eigenvalue weighted by Gasteiger charge is -2.04. The normalized spacial score (nSPS) is 11.1. The maximum Gasteiger partial charge on any atom is 0.263 e. The fourth-order valence-electron chi connectivity index (χ4n) is 2.02. The molecule has 3 rings (SSSR count). The molecule has 0 radical (unpaired) electrons. The Balaban J connectivity index is 1.65. The molecule has 0 saturated carbocycles. The number of rotatable bonds is 6. The molecule has 0 aliphatic rings. The van der Waals surface area contributed by atoms with Gasteiger partial charge in [-0.2, -0.15) is 16.7 Å². The van der Waals surface area contributed by atoms with Crippen LogP contribution < -0.4 is 5.32 Å². The van der Waals surface area contributed by atoms with Crippen molar-refractivity contribution in [2.24, 2.45) is 0 Å². The first-order chi connectivity index (χ1) is 10.3. The molecule has 0 aromatic carbocycles. The number of aromatic nitrogens is 4. The van der Waals surface area contributed by atoms with Crippen LogP contribution in [0.4, 0.5) is 5.82 Å². The zero-order valence-corrected chi connectivity index (χ0v) is 13.4. The molecule has 0 aliphatic heterocycles. The molecule has 6 nitrogen and oxygen atoms in total. The maximum atomic E-state index is 5.13. The van der Waals surface area contributed by atoms with Crippen LogP contribution in [-0.4, -0.2) is 32.9 Å². The van der Waals surface area contributed by atoms with Crippen molar-refractivity contribution in [3.63, 3.8) is 0 Å². The van der Waals surface area contributed by atoms with Crippen LogP contribution in [0.2, 0.25) is 0 Å². The lowest BCUT2D eigenvalue weighted by molar-refractivity contribution is 0.442. The second-order valence-electron chi connectivity index (χ2n) is 4.51. The minimum Gasteiger partial charge on any atom is -0.369 e. The number of nitrogens with one attached hydrogen (secondary N) is 1. The van der Waals surface area contributed by atoms with E-state index in [0.717, 1.165) is 41.3 Å². The largest absolute Gasteiger partial charge is 0.369 e. The van der Waals surface area contributed by atoms with Gasteiger partial charge in [0.1, 0.15) is 22.5 Å². The molecule has 0 bridgehead atoms. The molecule has 0 unspecified atom stereocenters. The van der Waals surface area contributed by atoms with Crippen LogP contribution in [0.3, 0.4) is 0 Å². The molecule has 0 amide bonds. The van der Waals surface area contributed by atoms with Crippen molar-refractivity contribution >= 4 is 40.0 Å². The van der Waals surface area contributed by atoms with Gasteiger partial charge in [0.05, 0.1) is 11.4 Å². The predicted octanol–water partition coefficient (Wildman–Crippen LogP) is 2.90. The van der Waals surface area contributed by atoms with Gasteiger partial charge in [0.25, 0.3) is 5.71 Å². The van der Waals surface area contributed by atoms with Gasteiger partial charge in [0, 0.05) is 24.1 Å². The van der Waals surface area contributed by atoms with Crippen molar-refractivity contribution in [2.75, 3.05) is 18.1 Å². The Bertz CT molecular complexity index is 739. The number of fused-ring (bicyclic) bond motifs is 1. The van der Waals surface area contributed by atoms with Crippen molar-refractivity contribution < 1.29 is 4.52 Å². The number of hydrogen-bond acceptors (Lipinski definition) is 8. The lowest BCUT2D eigenvalue weighted by atomic mass is 10.3. The third-order valence-corrected chi connectivity index (χ3v) is 4.63. The number of thiazole rings is 1. The molecule has 0 saturated heterocycles. The summed E-state index contributed by atoms with van der Waals surface area (Å²) in [5, 5.41) is 11.4. The average Bonchev–Trinajstić information content (AvgIpc) is 3.08. The minimum absolute atomic E-state index is 0.515. The molecule has 0 atom stereocenters. The summed E-state index contributed by atoms with van der Waals surface area (Å²) in [6.07, 6.45) is 4.43. The summed E-state index contributed by atoms with van der Waals surface area (Å²) in [4.78, 5) is 12.9. The first kappa shape index (κ1) is 14.3. The third-order valence-electron chi connectivity index (χ3n) is 2.98. The molecule has 1 N–H and O–H groups in total. The standard InChI is InChI=1S/C13H15N5OS2/c1-8-11-12(15-7-16-13(11)19-18-8)14-4-3-9-5-21-10(17-9)6-20-2/h5,7H,3-4,6H2,1-2H3,(H,14,15,16). The minimum atomic E-state index is 0.515. The average molecular weight is 321 g/mol. The highest BCUT2D eigenvalue weighted by molar-refractivity contribution is 7.97. The number of hydrogen-bond donors (Lipinski definition) is 1. The molecule has 0 aliphatic carbocycles. The Hall–Kier alpha value is -1.67. The molecule has 0 spiro atoms. The van der Waals surface area contributed by atoms with Gasteiger partial charge in [-0.1, -0.05) is 5.16 Å². The maximum absolute atomic E-state index is 5.13. The summed E-state index contributed by atoms with van der Waals surface area (Å²) in [6, 6.07) is 0. The molecule has 8 heteroatoms. The van der Waals surface area contributed by atoms with E-state index < -0.39 is 0 Å². The molecule has 0 fully saturated rings. The summed E-state index contributed by atoms with van der Waals surface area (Å²) in [6.45, 7) is 2.65. The molecule has 110 valence electrons. The highest BCUT2D eigenvalue weighted by Crippen LogP contribution is 2.22. The molecule has 3 aromatic heterocycles. The number of anilines is 1. The van der Waals surface area contributed by atoms with Gasteiger partial charge in [-0.3, -0.25) is 0 Å². The smallest absolute Gasteiger partial charge is 0.263 e. The highest BCUT2D eigenvalue weighted by atomic mass is 32.2. The molecule has 3 aromatic rings. The molecular weight excluding hydrogens is 306 g/mol. The van der Waals surface area contributed by atoms with Gasteiger partial charge in [0.15, 0.2) is 0 Å². The highest BCUT2D eigenvalue weighted by Gasteiger charge is 2.11. The number of nitrogens with zero attached hydrogens (tertiary/aromatic N) is 4. The van der Waals surface area contributed by atoms with Crippen LogP contribution >= 0.6 is 23.1 Å². The van der Waals surface area contributed by atoms with E-state index in [4.69, 9.17) is 4.52 Å². The Kier molecular flexibility index (Phi) is 4.35. The van der Waals surface area contributed by atoms with Gasteiger partial charge >= 0.3 is 0 Å². The fraction of sp³-hybridized carbons (Fsp3) is 0.385. The number of thioether (sulfide) groups is 1. The van der Waals surface area contributed by atoms with Crippen LogP contribution in [0.5, 0.6) is 0 Å². The second-order valence-corrected chi connectivity index (χ2v) is 6.32. The summed E-state index contributed by atoms with van der Waals surface area (Å²) >= 11 is 3.51. The Labute approximate surface area is 130 Å². The van der Waals surface area contributed by atoms with E-state index in [1.54, 1.807) is 23.1 Å². The summed E-state index contributed by atoms with van der Waals surface area (Å²) in [5.41, 5.74) is 2.42. The molecular formula is C13H15N5OS2. The Morgan fingerprint density at radius 2 is 2.29 bits per heavy atom.